The molecule has 3 rings (SSSR count). The largest absolute Gasteiger partial charge is 0.490 e. The van der Waals surface area contributed by atoms with Crippen molar-refractivity contribution in [2.24, 2.45) is 0 Å². The van der Waals surface area contributed by atoms with Crippen LogP contribution in [0.4, 0.5) is 5.69 Å². The second-order valence-electron chi connectivity index (χ2n) is 6.35. The topological polar surface area (TPSA) is 117 Å². The lowest BCUT2D eigenvalue weighted by Gasteiger charge is -2.17. The predicted octanol–water partition coefficient (Wildman–Crippen LogP) is 3.18. The van der Waals surface area contributed by atoms with Gasteiger partial charge in [0.05, 0.1) is 30.9 Å². The van der Waals surface area contributed by atoms with Gasteiger partial charge < -0.3 is 29.5 Å². The maximum Gasteiger partial charge on any atom is 0.323 e. The van der Waals surface area contributed by atoms with Gasteiger partial charge in [-0.05, 0) is 63.3 Å². The standard InChI is InChI=1S/C21H24N4O5S/c1-4-28-16-9-12(10-17(29-5-2)18(16)30-6-3)19(26)25-21(31)22-13-7-8-14-15(11-13)24-20(27)23-14/h7-11H,4-6H2,1-3H3,(H2,23,24,27)(H2,22,25,26,31). The fourth-order valence-corrected chi connectivity index (χ4v) is 3.18. The van der Waals surface area contributed by atoms with E-state index >= 15 is 0 Å². The molecule has 164 valence electrons. The summed E-state index contributed by atoms with van der Waals surface area (Å²) >= 11 is 5.27. The zero-order valence-electron chi connectivity index (χ0n) is 17.5. The fraction of sp³-hybridized carbons (Fsp3) is 0.286. The molecule has 0 aliphatic carbocycles. The van der Waals surface area contributed by atoms with E-state index in [9.17, 15) is 9.59 Å². The maximum absolute atomic E-state index is 12.8. The number of aromatic amines is 2. The van der Waals surface area contributed by atoms with Crippen molar-refractivity contribution in [3.8, 4) is 17.2 Å². The van der Waals surface area contributed by atoms with Crippen LogP contribution in [0.2, 0.25) is 0 Å². The highest BCUT2D eigenvalue weighted by Crippen LogP contribution is 2.39. The number of fused-ring (bicyclic) bond motifs is 1. The zero-order chi connectivity index (χ0) is 22.4. The van der Waals surface area contributed by atoms with Crippen LogP contribution in [0.25, 0.3) is 11.0 Å². The third-order valence-electron chi connectivity index (χ3n) is 4.17. The van der Waals surface area contributed by atoms with Crippen molar-refractivity contribution in [1.29, 1.82) is 0 Å². The van der Waals surface area contributed by atoms with Crippen LogP contribution in [0.3, 0.4) is 0 Å². The minimum Gasteiger partial charge on any atom is -0.490 e. The number of hydrogen-bond acceptors (Lipinski definition) is 6. The molecular weight excluding hydrogens is 420 g/mol. The van der Waals surface area contributed by atoms with E-state index in [1.165, 1.54) is 0 Å². The molecule has 0 saturated heterocycles. The summed E-state index contributed by atoms with van der Waals surface area (Å²) in [6.07, 6.45) is 0. The highest BCUT2D eigenvalue weighted by Gasteiger charge is 2.19. The Morgan fingerprint density at radius 1 is 0.935 bits per heavy atom. The number of aromatic nitrogens is 2. The summed E-state index contributed by atoms with van der Waals surface area (Å²) in [7, 11) is 0. The normalized spacial score (nSPS) is 10.5. The first-order valence-electron chi connectivity index (χ1n) is 9.85. The van der Waals surface area contributed by atoms with Crippen molar-refractivity contribution < 1.29 is 19.0 Å². The smallest absolute Gasteiger partial charge is 0.323 e. The molecule has 10 heteroatoms. The van der Waals surface area contributed by atoms with Crippen molar-refractivity contribution >= 4 is 40.0 Å². The van der Waals surface area contributed by atoms with Crippen molar-refractivity contribution in [3.63, 3.8) is 0 Å². The minimum atomic E-state index is -0.432. The summed E-state index contributed by atoms with van der Waals surface area (Å²) in [6, 6.07) is 8.36. The molecule has 0 fully saturated rings. The molecule has 4 N–H and O–H groups in total. The van der Waals surface area contributed by atoms with Crippen molar-refractivity contribution in [2.45, 2.75) is 20.8 Å². The summed E-state index contributed by atoms with van der Waals surface area (Å²) in [5, 5.41) is 5.67. The van der Waals surface area contributed by atoms with Gasteiger partial charge in [-0.25, -0.2) is 4.79 Å². The van der Waals surface area contributed by atoms with Crippen molar-refractivity contribution in [1.82, 2.24) is 15.3 Å². The van der Waals surface area contributed by atoms with Gasteiger partial charge in [-0.15, -0.1) is 0 Å². The van der Waals surface area contributed by atoms with Gasteiger partial charge >= 0.3 is 5.69 Å². The van der Waals surface area contributed by atoms with Gasteiger partial charge in [0, 0.05) is 11.3 Å². The van der Waals surface area contributed by atoms with Gasteiger partial charge in [-0.2, -0.15) is 0 Å². The number of nitrogens with one attached hydrogen (secondary N) is 4. The number of H-pyrrole nitrogens is 2. The number of ether oxygens (including phenoxy) is 3. The number of hydrogen-bond donors (Lipinski definition) is 4. The van der Waals surface area contributed by atoms with E-state index in [4.69, 9.17) is 26.4 Å². The van der Waals surface area contributed by atoms with E-state index < -0.39 is 5.91 Å². The Labute approximate surface area is 184 Å². The zero-order valence-corrected chi connectivity index (χ0v) is 18.3. The Hall–Kier alpha value is -3.53. The summed E-state index contributed by atoms with van der Waals surface area (Å²) in [4.78, 5) is 29.5. The summed E-state index contributed by atoms with van der Waals surface area (Å²) in [5.41, 5.74) is 1.92. The third-order valence-corrected chi connectivity index (χ3v) is 4.38. The van der Waals surface area contributed by atoms with Crippen LogP contribution in [0, 0.1) is 0 Å². The van der Waals surface area contributed by atoms with Crippen LogP contribution in [-0.4, -0.2) is 40.8 Å². The van der Waals surface area contributed by atoms with Gasteiger partial charge in [-0.3, -0.25) is 10.1 Å². The van der Waals surface area contributed by atoms with Gasteiger partial charge in [0.15, 0.2) is 16.6 Å². The molecule has 0 aliphatic rings. The quantitative estimate of drug-likeness (QED) is 0.394. The average Bonchev–Trinajstić information content (AvgIpc) is 3.09. The molecule has 0 saturated carbocycles. The lowest BCUT2D eigenvalue weighted by molar-refractivity contribution is 0.0976. The van der Waals surface area contributed by atoms with E-state index in [0.717, 1.165) is 0 Å². The molecule has 3 aromatic rings. The number of carbonyl (C=O) groups excluding carboxylic acids is 1. The summed E-state index contributed by atoms with van der Waals surface area (Å²) < 4.78 is 16.9. The number of thiocarbonyl (C=S) groups is 1. The lowest BCUT2D eigenvalue weighted by atomic mass is 10.1. The molecule has 1 heterocycles. The number of benzene rings is 2. The van der Waals surface area contributed by atoms with Crippen LogP contribution in [0.1, 0.15) is 31.1 Å². The van der Waals surface area contributed by atoms with E-state index in [-0.39, 0.29) is 10.8 Å². The van der Waals surface area contributed by atoms with Crippen molar-refractivity contribution in [2.75, 3.05) is 25.1 Å². The molecular formula is C21H24N4O5S. The van der Waals surface area contributed by atoms with Crippen LogP contribution in [0.5, 0.6) is 17.2 Å². The second kappa shape index (κ2) is 9.98. The van der Waals surface area contributed by atoms with Gasteiger partial charge in [0.25, 0.3) is 5.91 Å². The van der Waals surface area contributed by atoms with E-state index in [1.54, 1.807) is 30.3 Å². The molecule has 1 aromatic heterocycles. The maximum atomic E-state index is 12.8. The number of rotatable bonds is 8. The molecule has 0 radical (unpaired) electrons. The Kier molecular flexibility index (Phi) is 7.14. The molecule has 0 aliphatic heterocycles. The van der Waals surface area contributed by atoms with Crippen LogP contribution in [-0.2, 0) is 0 Å². The lowest BCUT2D eigenvalue weighted by Crippen LogP contribution is -2.34. The Balaban J connectivity index is 1.78. The SMILES string of the molecule is CCOc1cc(C(=O)NC(=S)Nc2ccc3[nH]c(=O)[nH]c3c2)cc(OCC)c1OCC. The second-order valence-corrected chi connectivity index (χ2v) is 6.76. The molecule has 31 heavy (non-hydrogen) atoms. The van der Waals surface area contributed by atoms with E-state index in [2.05, 4.69) is 20.6 Å². The van der Waals surface area contributed by atoms with E-state index in [1.807, 2.05) is 20.8 Å². The van der Waals surface area contributed by atoms with Gasteiger partial charge in [0.1, 0.15) is 0 Å². The number of anilines is 1. The molecule has 1 amide bonds. The molecule has 0 atom stereocenters. The van der Waals surface area contributed by atoms with Gasteiger partial charge in [-0.1, -0.05) is 0 Å². The van der Waals surface area contributed by atoms with Crippen molar-refractivity contribution in [3.05, 3.63) is 46.4 Å². The highest BCUT2D eigenvalue weighted by atomic mass is 32.1. The Bertz CT molecular complexity index is 1130. The summed E-state index contributed by atoms with van der Waals surface area (Å²) in [6.45, 7) is 6.78. The van der Waals surface area contributed by atoms with Crippen LogP contribution < -0.4 is 30.5 Å². The van der Waals surface area contributed by atoms with E-state index in [0.29, 0.717) is 59.4 Å². The molecule has 0 unspecified atom stereocenters. The number of imidazole rings is 1. The molecule has 0 spiro atoms. The molecule has 9 nitrogen and oxygen atoms in total. The van der Waals surface area contributed by atoms with Gasteiger partial charge in [0.2, 0.25) is 5.75 Å². The average molecular weight is 445 g/mol. The fourth-order valence-electron chi connectivity index (χ4n) is 2.97. The van der Waals surface area contributed by atoms with Crippen LogP contribution in [0.15, 0.2) is 35.1 Å². The predicted molar refractivity (Wildman–Crippen MR) is 123 cm³/mol. The first-order valence-corrected chi connectivity index (χ1v) is 10.3. The first kappa shape index (κ1) is 22.2. The third kappa shape index (κ3) is 5.34. The van der Waals surface area contributed by atoms with Crippen LogP contribution >= 0.6 is 12.2 Å². The molecule has 0 bridgehead atoms. The Morgan fingerprint density at radius 2 is 1.55 bits per heavy atom. The number of carbonyl (C=O) groups is 1. The molecule has 2 aromatic carbocycles. The highest BCUT2D eigenvalue weighted by molar-refractivity contribution is 7.80. The number of amides is 1. The minimum absolute atomic E-state index is 0.104. The summed E-state index contributed by atoms with van der Waals surface area (Å²) in [5.74, 6) is 0.859. The Morgan fingerprint density at radius 3 is 2.16 bits per heavy atom. The first-order chi connectivity index (χ1) is 14.9. The monoisotopic (exact) mass is 444 g/mol.